The minimum atomic E-state index is -0.539. The maximum atomic E-state index is 12.2. The Balaban J connectivity index is 0.00000288. The topological polar surface area (TPSA) is 72.9 Å². The lowest BCUT2D eigenvalue weighted by Crippen LogP contribution is -2.48. The van der Waals surface area contributed by atoms with Crippen LogP contribution in [0.3, 0.4) is 0 Å². The first-order chi connectivity index (χ1) is 10.7. The third-order valence-electron chi connectivity index (χ3n) is 3.90. The van der Waals surface area contributed by atoms with Gasteiger partial charge in [-0.05, 0) is 37.0 Å². The Labute approximate surface area is 150 Å². The first-order valence-electron chi connectivity index (χ1n) is 7.85. The van der Waals surface area contributed by atoms with Gasteiger partial charge < -0.3 is 11.1 Å². The number of amides is 1. The van der Waals surface area contributed by atoms with Crippen LogP contribution in [0.5, 0.6) is 0 Å². The molecule has 1 heterocycles. The van der Waals surface area contributed by atoms with Crippen molar-refractivity contribution in [1.82, 2.24) is 15.1 Å². The van der Waals surface area contributed by atoms with Gasteiger partial charge in [-0.2, -0.15) is 5.10 Å². The number of carbonyl (C=O) groups excluding carboxylic acids is 1. The Morgan fingerprint density at radius 3 is 2.46 bits per heavy atom. The highest BCUT2D eigenvalue weighted by atomic mass is 35.5. The second-order valence-corrected chi connectivity index (χ2v) is 7.03. The molecule has 132 valence electrons. The molecule has 2 rings (SSSR count). The summed E-state index contributed by atoms with van der Waals surface area (Å²) >= 11 is 0. The van der Waals surface area contributed by atoms with Crippen LogP contribution in [0.15, 0.2) is 30.3 Å². The molecule has 0 spiro atoms. The predicted molar refractivity (Wildman–Crippen MR) is 99.6 cm³/mol. The van der Waals surface area contributed by atoms with Gasteiger partial charge in [0.05, 0.1) is 17.4 Å². The molecule has 0 radical (unpaired) electrons. The summed E-state index contributed by atoms with van der Waals surface area (Å²) in [6, 6.07) is 9.42. The van der Waals surface area contributed by atoms with Crippen molar-refractivity contribution in [2.75, 3.05) is 0 Å². The van der Waals surface area contributed by atoms with Crippen LogP contribution in [-0.2, 0) is 11.3 Å². The Bertz CT molecular complexity index is 703. The van der Waals surface area contributed by atoms with E-state index in [1.165, 1.54) is 0 Å². The largest absolute Gasteiger partial charge is 0.351 e. The molecule has 0 saturated heterocycles. The summed E-state index contributed by atoms with van der Waals surface area (Å²) in [5.74, 6) is -0.138. The van der Waals surface area contributed by atoms with Crippen LogP contribution in [-0.4, -0.2) is 21.7 Å². The van der Waals surface area contributed by atoms with Crippen LogP contribution in [0.25, 0.3) is 5.69 Å². The first-order valence-corrected chi connectivity index (χ1v) is 7.85. The van der Waals surface area contributed by atoms with Gasteiger partial charge in [-0.1, -0.05) is 39.0 Å². The van der Waals surface area contributed by atoms with Gasteiger partial charge in [0.15, 0.2) is 0 Å². The average Bonchev–Trinajstić information content (AvgIpc) is 2.82. The van der Waals surface area contributed by atoms with E-state index in [0.29, 0.717) is 6.54 Å². The van der Waals surface area contributed by atoms with Crippen LogP contribution in [0, 0.1) is 19.3 Å². The molecule has 2 aromatic rings. The second-order valence-electron chi connectivity index (χ2n) is 7.03. The number of halogens is 1. The number of carbonyl (C=O) groups is 1. The Kier molecular flexibility index (Phi) is 6.58. The fraction of sp³-hybridized carbons (Fsp3) is 0.444. The van der Waals surface area contributed by atoms with Crippen LogP contribution >= 0.6 is 12.4 Å². The fourth-order valence-corrected chi connectivity index (χ4v) is 2.43. The van der Waals surface area contributed by atoms with Crippen molar-refractivity contribution in [3.63, 3.8) is 0 Å². The molecule has 0 saturated carbocycles. The van der Waals surface area contributed by atoms with Gasteiger partial charge in [-0.15, -0.1) is 12.4 Å². The molecule has 5 nitrogen and oxygen atoms in total. The van der Waals surface area contributed by atoms with E-state index in [1.807, 2.05) is 69.6 Å². The monoisotopic (exact) mass is 350 g/mol. The number of benzene rings is 1. The summed E-state index contributed by atoms with van der Waals surface area (Å²) in [6.07, 6.45) is 0. The van der Waals surface area contributed by atoms with Crippen molar-refractivity contribution in [2.45, 2.75) is 47.2 Å². The summed E-state index contributed by atoms with van der Waals surface area (Å²) < 4.78 is 1.90. The standard InChI is InChI=1S/C18H26N4O.ClH/c1-12-10-13(2)22(21-12)15-9-7-6-8-14(15)11-20-17(23)16(19)18(3,4)5;/h6-10,16H,11,19H2,1-5H3,(H,20,23);1H/t16-;/m1./s1. The van der Waals surface area contributed by atoms with Crippen LogP contribution < -0.4 is 11.1 Å². The number of hydrogen-bond donors (Lipinski definition) is 2. The number of nitrogens with two attached hydrogens (primary N) is 1. The maximum Gasteiger partial charge on any atom is 0.237 e. The molecule has 0 fully saturated rings. The third kappa shape index (κ3) is 4.58. The molecular weight excluding hydrogens is 324 g/mol. The molecule has 24 heavy (non-hydrogen) atoms. The zero-order valence-electron chi connectivity index (χ0n) is 15.0. The van der Waals surface area contributed by atoms with E-state index < -0.39 is 6.04 Å². The summed E-state index contributed by atoms with van der Waals surface area (Å²) in [4.78, 5) is 12.2. The number of para-hydroxylation sites is 1. The van der Waals surface area contributed by atoms with Crippen LogP contribution in [0.4, 0.5) is 0 Å². The Hall–Kier alpha value is -1.85. The molecular formula is C18H27ClN4O. The molecule has 6 heteroatoms. The zero-order valence-corrected chi connectivity index (χ0v) is 15.8. The van der Waals surface area contributed by atoms with Crippen molar-refractivity contribution in [2.24, 2.45) is 11.1 Å². The van der Waals surface area contributed by atoms with Crippen molar-refractivity contribution in [1.29, 1.82) is 0 Å². The van der Waals surface area contributed by atoms with Crippen molar-refractivity contribution in [3.8, 4) is 5.69 Å². The number of rotatable bonds is 4. The van der Waals surface area contributed by atoms with E-state index in [2.05, 4.69) is 10.4 Å². The minimum absolute atomic E-state index is 0. The lowest BCUT2D eigenvalue weighted by atomic mass is 9.87. The van der Waals surface area contributed by atoms with Gasteiger partial charge in [0, 0.05) is 12.2 Å². The molecule has 0 aliphatic rings. The van der Waals surface area contributed by atoms with E-state index >= 15 is 0 Å². The normalized spacial score (nSPS) is 12.4. The molecule has 0 aliphatic heterocycles. The summed E-state index contributed by atoms with van der Waals surface area (Å²) in [7, 11) is 0. The number of nitrogens with zero attached hydrogens (tertiary/aromatic N) is 2. The van der Waals surface area contributed by atoms with Gasteiger partial charge in [0.2, 0.25) is 5.91 Å². The fourth-order valence-electron chi connectivity index (χ4n) is 2.43. The lowest BCUT2D eigenvalue weighted by molar-refractivity contribution is -0.124. The van der Waals surface area contributed by atoms with E-state index in [9.17, 15) is 4.79 Å². The zero-order chi connectivity index (χ0) is 17.2. The summed E-state index contributed by atoms with van der Waals surface area (Å²) in [6.45, 7) is 10.3. The van der Waals surface area contributed by atoms with Crippen LogP contribution in [0.2, 0.25) is 0 Å². The number of aryl methyl sites for hydroxylation is 2. The van der Waals surface area contributed by atoms with Gasteiger partial charge >= 0.3 is 0 Å². The van der Waals surface area contributed by atoms with Gasteiger partial charge in [0.1, 0.15) is 0 Å². The summed E-state index contributed by atoms with van der Waals surface area (Å²) in [5, 5.41) is 7.46. The molecule has 1 aromatic heterocycles. The summed E-state index contributed by atoms with van der Waals surface area (Å²) in [5.41, 5.74) is 9.75. The Morgan fingerprint density at radius 1 is 1.29 bits per heavy atom. The maximum absolute atomic E-state index is 12.2. The van der Waals surface area contributed by atoms with Gasteiger partial charge in [0.25, 0.3) is 0 Å². The molecule has 1 amide bonds. The van der Waals surface area contributed by atoms with E-state index in [0.717, 1.165) is 22.6 Å². The molecule has 0 unspecified atom stereocenters. The highest BCUT2D eigenvalue weighted by molar-refractivity contribution is 5.85. The smallest absolute Gasteiger partial charge is 0.237 e. The predicted octanol–water partition coefficient (Wildman–Crippen LogP) is 2.90. The second kappa shape index (κ2) is 7.81. The molecule has 1 atom stereocenters. The SMILES string of the molecule is Cc1cc(C)n(-c2ccccc2CNC(=O)[C@@H](N)C(C)(C)C)n1.Cl. The molecule has 0 aliphatic carbocycles. The van der Waals surface area contributed by atoms with E-state index in [1.54, 1.807) is 0 Å². The molecule has 3 N–H and O–H groups in total. The highest BCUT2D eigenvalue weighted by Crippen LogP contribution is 2.19. The average molecular weight is 351 g/mol. The van der Waals surface area contributed by atoms with E-state index in [-0.39, 0.29) is 23.7 Å². The minimum Gasteiger partial charge on any atom is -0.351 e. The lowest BCUT2D eigenvalue weighted by Gasteiger charge is -2.26. The Morgan fingerprint density at radius 2 is 1.92 bits per heavy atom. The molecule has 1 aromatic carbocycles. The first kappa shape index (κ1) is 20.2. The van der Waals surface area contributed by atoms with Crippen LogP contribution in [0.1, 0.15) is 37.7 Å². The van der Waals surface area contributed by atoms with Crippen molar-refractivity contribution < 1.29 is 4.79 Å². The van der Waals surface area contributed by atoms with Gasteiger partial charge in [-0.3, -0.25) is 4.79 Å². The quantitative estimate of drug-likeness (QED) is 0.890. The number of hydrogen-bond acceptors (Lipinski definition) is 3. The molecule has 0 bridgehead atoms. The number of nitrogens with one attached hydrogen (secondary N) is 1. The van der Waals surface area contributed by atoms with Crippen molar-refractivity contribution >= 4 is 18.3 Å². The van der Waals surface area contributed by atoms with Crippen molar-refractivity contribution in [3.05, 3.63) is 47.3 Å². The van der Waals surface area contributed by atoms with Gasteiger partial charge in [-0.25, -0.2) is 4.68 Å². The third-order valence-corrected chi connectivity index (χ3v) is 3.90. The number of aromatic nitrogens is 2. The van der Waals surface area contributed by atoms with E-state index in [4.69, 9.17) is 5.73 Å². The highest BCUT2D eigenvalue weighted by Gasteiger charge is 2.27.